The standard InChI is InChI=1S/C39H50N6O6/c1-26-36(48)44-21-11-10-19-32(44)38(50)45-22-12-9-18-31(45)37(49)42(2)33(25-28-16-7-4-8-17-28)39(51)43-23-13-20-30(43)35(47)41-29(34(46)40-26)24-27-14-5-3-6-15-27/h3-8,14-17,26,29-33H,9-13,18-25H2,1-2H3,(H,40,46)(H,41,47)/t26-,29+,30-,31-,32-,33+/m0/s1. The number of rotatable bonds is 4. The Bertz CT molecular complexity index is 1600. The van der Waals surface area contributed by atoms with Gasteiger partial charge in [0.1, 0.15) is 36.3 Å². The number of carbonyl (C=O) groups excluding carboxylic acids is 6. The van der Waals surface area contributed by atoms with Gasteiger partial charge in [0.05, 0.1) is 0 Å². The second-order valence-corrected chi connectivity index (χ2v) is 14.4. The molecule has 6 rings (SSSR count). The molecule has 272 valence electrons. The molecule has 4 fully saturated rings. The Morgan fingerprint density at radius 1 is 0.549 bits per heavy atom. The van der Waals surface area contributed by atoms with E-state index in [1.54, 1.807) is 28.7 Å². The van der Waals surface area contributed by atoms with E-state index in [1.165, 1.54) is 4.90 Å². The number of fused-ring (bicyclic) bond motifs is 3. The van der Waals surface area contributed by atoms with Crippen molar-refractivity contribution in [2.45, 2.75) is 107 Å². The number of nitrogens with zero attached hydrogens (tertiary/aromatic N) is 4. The topological polar surface area (TPSA) is 139 Å². The predicted octanol–water partition coefficient (Wildman–Crippen LogP) is 2.06. The average Bonchev–Trinajstić information content (AvgIpc) is 3.66. The highest BCUT2D eigenvalue weighted by atomic mass is 16.2. The van der Waals surface area contributed by atoms with E-state index >= 15 is 0 Å². The van der Waals surface area contributed by atoms with Gasteiger partial charge in [0.2, 0.25) is 35.4 Å². The van der Waals surface area contributed by atoms with Crippen LogP contribution in [0.4, 0.5) is 0 Å². The van der Waals surface area contributed by atoms with E-state index in [0.29, 0.717) is 45.3 Å². The fourth-order valence-corrected chi connectivity index (χ4v) is 8.16. The zero-order valence-electron chi connectivity index (χ0n) is 29.7. The molecule has 2 N–H and O–H groups in total. The van der Waals surface area contributed by atoms with Crippen LogP contribution in [0, 0.1) is 0 Å². The van der Waals surface area contributed by atoms with Crippen LogP contribution >= 0.6 is 0 Å². The summed E-state index contributed by atoms with van der Waals surface area (Å²) in [7, 11) is 1.62. The lowest BCUT2D eigenvalue weighted by Crippen LogP contribution is -2.63. The number of amides is 6. The summed E-state index contributed by atoms with van der Waals surface area (Å²) in [5.74, 6) is -2.29. The number of benzene rings is 2. The van der Waals surface area contributed by atoms with Crippen LogP contribution in [0.5, 0.6) is 0 Å². The summed E-state index contributed by atoms with van der Waals surface area (Å²) in [6.45, 7) is 2.66. The summed E-state index contributed by atoms with van der Waals surface area (Å²) in [6, 6.07) is 13.5. The summed E-state index contributed by atoms with van der Waals surface area (Å²) in [6.07, 6.45) is 5.25. The highest BCUT2D eigenvalue weighted by Gasteiger charge is 2.45. The molecule has 2 aromatic rings. The van der Waals surface area contributed by atoms with Crippen LogP contribution in [0.3, 0.4) is 0 Å². The van der Waals surface area contributed by atoms with Crippen LogP contribution < -0.4 is 10.6 Å². The Morgan fingerprint density at radius 2 is 1.06 bits per heavy atom. The molecule has 12 heteroatoms. The first-order valence-electron chi connectivity index (χ1n) is 18.5. The molecule has 6 atom stereocenters. The fraction of sp³-hybridized carbons (Fsp3) is 0.538. The van der Waals surface area contributed by atoms with Crippen LogP contribution in [0.1, 0.15) is 69.4 Å². The van der Waals surface area contributed by atoms with Gasteiger partial charge in [-0.15, -0.1) is 0 Å². The monoisotopic (exact) mass is 698 g/mol. The summed E-state index contributed by atoms with van der Waals surface area (Å²) >= 11 is 0. The van der Waals surface area contributed by atoms with Crippen molar-refractivity contribution in [2.24, 2.45) is 0 Å². The lowest BCUT2D eigenvalue weighted by molar-refractivity contribution is -0.158. The molecular formula is C39H50N6O6. The Balaban J connectivity index is 1.39. The van der Waals surface area contributed by atoms with E-state index in [-0.39, 0.29) is 36.5 Å². The molecule has 0 saturated carbocycles. The minimum atomic E-state index is -1.02. The zero-order valence-corrected chi connectivity index (χ0v) is 29.7. The molecule has 0 spiro atoms. The van der Waals surface area contributed by atoms with Crippen molar-refractivity contribution < 1.29 is 28.8 Å². The minimum absolute atomic E-state index is 0.176. The van der Waals surface area contributed by atoms with Gasteiger partial charge < -0.3 is 30.2 Å². The molecule has 0 radical (unpaired) electrons. The molecule has 0 bridgehead atoms. The van der Waals surface area contributed by atoms with E-state index in [2.05, 4.69) is 10.6 Å². The van der Waals surface area contributed by atoms with Crippen molar-refractivity contribution in [3.05, 3.63) is 71.8 Å². The molecule has 4 aliphatic rings. The number of piperidine rings is 2. The van der Waals surface area contributed by atoms with Gasteiger partial charge in [-0.25, -0.2) is 0 Å². The number of nitrogens with one attached hydrogen (secondary N) is 2. The lowest BCUT2D eigenvalue weighted by atomic mass is 9.94. The van der Waals surface area contributed by atoms with Gasteiger partial charge in [-0.1, -0.05) is 60.7 Å². The highest BCUT2D eigenvalue weighted by molar-refractivity contribution is 5.98. The third-order valence-corrected chi connectivity index (χ3v) is 11.0. The lowest BCUT2D eigenvalue weighted by Gasteiger charge is -2.44. The quantitative estimate of drug-likeness (QED) is 0.502. The molecule has 0 unspecified atom stereocenters. The molecular weight excluding hydrogens is 648 g/mol. The molecule has 4 saturated heterocycles. The Labute approximate surface area is 299 Å². The Morgan fingerprint density at radius 3 is 1.69 bits per heavy atom. The van der Waals surface area contributed by atoms with Crippen LogP contribution in [-0.4, -0.2) is 118 Å². The largest absolute Gasteiger partial charge is 0.343 e. The Hall–Kier alpha value is -4.74. The van der Waals surface area contributed by atoms with Gasteiger partial charge in [-0.05, 0) is 69.4 Å². The first-order chi connectivity index (χ1) is 24.6. The molecule has 4 heterocycles. The van der Waals surface area contributed by atoms with Crippen LogP contribution in [0.25, 0.3) is 0 Å². The third kappa shape index (κ3) is 7.94. The van der Waals surface area contributed by atoms with Gasteiger partial charge >= 0.3 is 0 Å². The first-order valence-corrected chi connectivity index (χ1v) is 18.5. The number of carbonyl (C=O) groups is 6. The average molecular weight is 699 g/mol. The first kappa shape index (κ1) is 36.1. The molecule has 0 aromatic heterocycles. The van der Waals surface area contributed by atoms with Crippen LogP contribution in [0.2, 0.25) is 0 Å². The molecule has 2 aromatic carbocycles. The number of hydrogen-bond acceptors (Lipinski definition) is 6. The van der Waals surface area contributed by atoms with Crippen molar-refractivity contribution >= 4 is 35.4 Å². The summed E-state index contributed by atoms with van der Waals surface area (Å²) in [4.78, 5) is 91.7. The van der Waals surface area contributed by atoms with E-state index in [9.17, 15) is 28.8 Å². The molecule has 51 heavy (non-hydrogen) atoms. The van der Waals surface area contributed by atoms with Crippen molar-refractivity contribution in [2.75, 3.05) is 26.7 Å². The predicted molar refractivity (Wildman–Crippen MR) is 190 cm³/mol. The Kier molecular flexibility index (Phi) is 11.4. The summed E-state index contributed by atoms with van der Waals surface area (Å²) in [5, 5.41) is 5.75. The molecule has 12 nitrogen and oxygen atoms in total. The molecule has 4 aliphatic heterocycles. The molecule has 0 aliphatic carbocycles. The van der Waals surface area contributed by atoms with Gasteiger partial charge in [-0.2, -0.15) is 0 Å². The van der Waals surface area contributed by atoms with Gasteiger partial charge in [-0.3, -0.25) is 28.8 Å². The maximum Gasteiger partial charge on any atom is 0.246 e. The van der Waals surface area contributed by atoms with E-state index < -0.39 is 48.1 Å². The van der Waals surface area contributed by atoms with Gasteiger partial charge in [0.15, 0.2) is 0 Å². The number of hydrogen-bond donors (Lipinski definition) is 2. The maximum atomic E-state index is 14.6. The van der Waals surface area contributed by atoms with Gasteiger partial charge in [0, 0.05) is 39.5 Å². The minimum Gasteiger partial charge on any atom is -0.343 e. The van der Waals surface area contributed by atoms with Crippen molar-refractivity contribution in [3.63, 3.8) is 0 Å². The van der Waals surface area contributed by atoms with E-state index in [1.807, 2.05) is 60.7 Å². The second kappa shape index (κ2) is 16.1. The van der Waals surface area contributed by atoms with Crippen molar-refractivity contribution in [3.8, 4) is 0 Å². The van der Waals surface area contributed by atoms with E-state index in [0.717, 1.165) is 36.8 Å². The van der Waals surface area contributed by atoms with Crippen LogP contribution in [0.15, 0.2) is 60.7 Å². The number of likely N-dealkylation sites (N-methyl/N-ethyl adjacent to an activating group) is 1. The highest BCUT2D eigenvalue weighted by Crippen LogP contribution is 2.28. The smallest absolute Gasteiger partial charge is 0.246 e. The van der Waals surface area contributed by atoms with Gasteiger partial charge in [0.25, 0.3) is 0 Å². The van der Waals surface area contributed by atoms with Crippen molar-refractivity contribution in [1.29, 1.82) is 0 Å². The van der Waals surface area contributed by atoms with Crippen LogP contribution in [-0.2, 0) is 41.6 Å². The zero-order chi connectivity index (χ0) is 36.1. The normalized spacial score (nSPS) is 28.7. The summed E-state index contributed by atoms with van der Waals surface area (Å²) < 4.78 is 0. The third-order valence-electron chi connectivity index (χ3n) is 11.0. The van der Waals surface area contributed by atoms with Crippen molar-refractivity contribution in [1.82, 2.24) is 30.2 Å². The SMILES string of the molecule is C[C@@H]1NC(=O)[C@@H](Cc2ccccc2)NC(=O)[C@@H]2CCCN2C(=O)[C@@H](Cc2ccccc2)N(C)C(=O)[C@@H]2CCCCN2C(=O)[C@@H]2CCCCN2C1=O. The second-order valence-electron chi connectivity index (χ2n) is 14.4. The fourth-order valence-electron chi connectivity index (χ4n) is 8.16. The van der Waals surface area contributed by atoms with E-state index in [4.69, 9.17) is 0 Å². The molecule has 6 amide bonds. The summed E-state index contributed by atoms with van der Waals surface area (Å²) in [5.41, 5.74) is 1.68. The maximum absolute atomic E-state index is 14.6.